The molecule has 0 amide bonds. The van der Waals surface area contributed by atoms with E-state index in [4.69, 9.17) is 4.42 Å². The minimum absolute atomic E-state index is 0.0536. The van der Waals surface area contributed by atoms with E-state index in [2.05, 4.69) is 15.3 Å². The minimum atomic E-state index is -0.276. The summed E-state index contributed by atoms with van der Waals surface area (Å²) in [4.78, 5) is 7.46. The van der Waals surface area contributed by atoms with Crippen LogP contribution in [0.4, 0.5) is 10.3 Å². The van der Waals surface area contributed by atoms with Crippen molar-refractivity contribution in [3.8, 4) is 0 Å². The third kappa shape index (κ3) is 2.27. The Bertz CT molecular complexity index is 760. The molecule has 2 aromatic heterocycles. The largest absolute Gasteiger partial charge is 0.466 e. The fourth-order valence-corrected chi connectivity index (χ4v) is 2.41. The monoisotopic (exact) mass is 273 g/mol. The van der Waals surface area contributed by atoms with Crippen molar-refractivity contribution in [2.45, 2.75) is 26.8 Å². The van der Waals surface area contributed by atoms with Gasteiger partial charge in [-0.15, -0.1) is 0 Å². The predicted octanol–water partition coefficient (Wildman–Crippen LogP) is 4.08. The summed E-state index contributed by atoms with van der Waals surface area (Å²) in [5.74, 6) is 2.13. The van der Waals surface area contributed by atoms with Gasteiger partial charge in [-0.2, -0.15) is 0 Å². The van der Waals surface area contributed by atoms with E-state index in [9.17, 15) is 4.39 Å². The summed E-state index contributed by atoms with van der Waals surface area (Å²) in [7, 11) is 0. The first kappa shape index (κ1) is 12.7. The average Bonchev–Trinajstić information content (AvgIpc) is 2.91. The lowest BCUT2D eigenvalue weighted by atomic mass is 10.1. The van der Waals surface area contributed by atoms with Gasteiger partial charge in [0.15, 0.2) is 0 Å². The second kappa shape index (κ2) is 4.67. The van der Waals surface area contributed by atoms with Crippen LogP contribution in [0.15, 0.2) is 28.7 Å². The van der Waals surface area contributed by atoms with E-state index >= 15 is 0 Å². The van der Waals surface area contributed by atoms with E-state index in [0.717, 1.165) is 22.6 Å². The zero-order valence-electron chi connectivity index (χ0n) is 11.6. The summed E-state index contributed by atoms with van der Waals surface area (Å²) >= 11 is 0. The lowest BCUT2D eigenvalue weighted by Gasteiger charge is -2.11. The van der Waals surface area contributed by atoms with Gasteiger partial charge in [-0.1, -0.05) is 0 Å². The van der Waals surface area contributed by atoms with Crippen molar-refractivity contribution in [2.75, 3.05) is 5.32 Å². The van der Waals surface area contributed by atoms with Crippen LogP contribution in [-0.4, -0.2) is 9.97 Å². The Kier molecular flexibility index (Phi) is 2.97. The van der Waals surface area contributed by atoms with E-state index in [0.29, 0.717) is 11.5 Å². The topological polar surface area (TPSA) is 53.9 Å². The van der Waals surface area contributed by atoms with E-state index in [1.165, 1.54) is 12.1 Å². The summed E-state index contributed by atoms with van der Waals surface area (Å²) in [6.45, 7) is 5.90. The van der Waals surface area contributed by atoms with E-state index < -0.39 is 0 Å². The molecule has 1 unspecified atom stereocenters. The average molecular weight is 273 g/mol. The van der Waals surface area contributed by atoms with E-state index in [1.54, 1.807) is 6.07 Å². The molecule has 2 N–H and O–H groups in total. The zero-order chi connectivity index (χ0) is 14.3. The fraction of sp³-hybridized carbons (Fsp3) is 0.267. The Hall–Kier alpha value is -2.30. The lowest BCUT2D eigenvalue weighted by molar-refractivity contribution is 0.499. The third-order valence-corrected chi connectivity index (χ3v) is 3.34. The number of imidazole rings is 1. The molecule has 2 heterocycles. The SMILES string of the molecule is Cc1cc(C(C)Nc2nc3ccc(F)cc3[nH]2)c(C)o1. The van der Waals surface area contributed by atoms with Crippen molar-refractivity contribution < 1.29 is 8.81 Å². The second-order valence-electron chi connectivity index (χ2n) is 4.98. The first-order valence-electron chi connectivity index (χ1n) is 6.51. The standard InChI is InChI=1S/C15H16FN3O/c1-8-6-12(10(3)20-8)9(2)17-15-18-13-5-4-11(16)7-14(13)19-15/h4-7,9H,1-3H3,(H2,17,18,19). The molecule has 0 aliphatic heterocycles. The van der Waals surface area contributed by atoms with Crippen LogP contribution in [0.2, 0.25) is 0 Å². The molecular weight excluding hydrogens is 257 g/mol. The van der Waals surface area contributed by atoms with Crippen molar-refractivity contribution >= 4 is 17.0 Å². The van der Waals surface area contributed by atoms with Gasteiger partial charge in [0, 0.05) is 5.56 Å². The van der Waals surface area contributed by atoms with Crippen LogP contribution < -0.4 is 5.32 Å². The van der Waals surface area contributed by atoms with Crippen molar-refractivity contribution in [1.29, 1.82) is 0 Å². The molecule has 0 saturated carbocycles. The van der Waals surface area contributed by atoms with Crippen molar-refractivity contribution in [1.82, 2.24) is 9.97 Å². The number of anilines is 1. The number of aromatic nitrogens is 2. The molecule has 1 atom stereocenters. The molecule has 0 saturated heterocycles. The summed E-state index contributed by atoms with van der Waals surface area (Å²) in [5.41, 5.74) is 2.51. The number of halogens is 1. The van der Waals surface area contributed by atoms with Crippen LogP contribution in [0.1, 0.15) is 30.0 Å². The summed E-state index contributed by atoms with van der Waals surface area (Å²) < 4.78 is 18.7. The Morgan fingerprint density at radius 2 is 2.10 bits per heavy atom. The number of benzene rings is 1. The number of hydrogen-bond acceptors (Lipinski definition) is 3. The molecule has 20 heavy (non-hydrogen) atoms. The quantitative estimate of drug-likeness (QED) is 0.755. The smallest absolute Gasteiger partial charge is 0.201 e. The van der Waals surface area contributed by atoms with E-state index in [1.807, 2.05) is 26.8 Å². The molecular formula is C15H16FN3O. The number of furan rings is 1. The maximum Gasteiger partial charge on any atom is 0.201 e. The molecule has 3 rings (SSSR count). The molecule has 0 aliphatic carbocycles. The van der Waals surface area contributed by atoms with Gasteiger partial charge >= 0.3 is 0 Å². The van der Waals surface area contributed by atoms with Crippen LogP contribution in [0.3, 0.4) is 0 Å². The van der Waals surface area contributed by atoms with Crippen LogP contribution in [0.5, 0.6) is 0 Å². The first-order valence-corrected chi connectivity index (χ1v) is 6.51. The predicted molar refractivity (Wildman–Crippen MR) is 76.3 cm³/mol. The molecule has 0 fully saturated rings. The van der Waals surface area contributed by atoms with Gasteiger partial charge in [0.25, 0.3) is 0 Å². The highest BCUT2D eigenvalue weighted by Gasteiger charge is 2.14. The lowest BCUT2D eigenvalue weighted by Crippen LogP contribution is -2.07. The maximum atomic E-state index is 13.1. The van der Waals surface area contributed by atoms with Gasteiger partial charge in [-0.25, -0.2) is 9.37 Å². The minimum Gasteiger partial charge on any atom is -0.466 e. The Labute approximate surface area is 116 Å². The van der Waals surface area contributed by atoms with Crippen LogP contribution in [-0.2, 0) is 0 Å². The highest BCUT2D eigenvalue weighted by atomic mass is 19.1. The van der Waals surface area contributed by atoms with Crippen LogP contribution >= 0.6 is 0 Å². The summed E-state index contributed by atoms with van der Waals surface area (Å²) in [6, 6.07) is 6.56. The van der Waals surface area contributed by atoms with Crippen molar-refractivity contribution in [3.63, 3.8) is 0 Å². The maximum absolute atomic E-state index is 13.1. The first-order chi connectivity index (χ1) is 9.52. The van der Waals surface area contributed by atoms with Crippen molar-refractivity contribution in [2.24, 2.45) is 0 Å². The molecule has 0 spiro atoms. The Morgan fingerprint density at radius 3 is 2.80 bits per heavy atom. The number of nitrogens with zero attached hydrogens (tertiary/aromatic N) is 1. The molecule has 104 valence electrons. The highest BCUT2D eigenvalue weighted by Crippen LogP contribution is 2.25. The number of aromatic amines is 1. The molecule has 4 nitrogen and oxygen atoms in total. The number of fused-ring (bicyclic) bond motifs is 1. The number of rotatable bonds is 3. The Morgan fingerprint density at radius 1 is 1.30 bits per heavy atom. The molecule has 1 aromatic carbocycles. The van der Waals surface area contributed by atoms with Gasteiger partial charge in [0.1, 0.15) is 17.3 Å². The van der Waals surface area contributed by atoms with Gasteiger partial charge in [0.05, 0.1) is 17.1 Å². The normalized spacial score (nSPS) is 12.8. The highest BCUT2D eigenvalue weighted by molar-refractivity contribution is 5.77. The zero-order valence-corrected chi connectivity index (χ0v) is 11.6. The van der Waals surface area contributed by atoms with Gasteiger partial charge < -0.3 is 14.7 Å². The third-order valence-electron chi connectivity index (χ3n) is 3.34. The molecule has 3 aromatic rings. The van der Waals surface area contributed by atoms with Gasteiger partial charge in [-0.05, 0) is 45.0 Å². The number of hydrogen-bond donors (Lipinski definition) is 2. The fourth-order valence-electron chi connectivity index (χ4n) is 2.41. The second-order valence-corrected chi connectivity index (χ2v) is 4.98. The number of nitrogens with one attached hydrogen (secondary N) is 2. The molecule has 0 radical (unpaired) electrons. The van der Waals surface area contributed by atoms with Crippen LogP contribution in [0, 0.1) is 19.7 Å². The Balaban J connectivity index is 1.87. The number of aryl methyl sites for hydroxylation is 2. The molecule has 5 heteroatoms. The molecule has 0 bridgehead atoms. The van der Waals surface area contributed by atoms with Gasteiger partial charge in [0.2, 0.25) is 5.95 Å². The van der Waals surface area contributed by atoms with Crippen LogP contribution in [0.25, 0.3) is 11.0 Å². The van der Waals surface area contributed by atoms with Crippen molar-refractivity contribution in [3.05, 3.63) is 47.2 Å². The van der Waals surface area contributed by atoms with Gasteiger partial charge in [-0.3, -0.25) is 0 Å². The summed E-state index contributed by atoms with van der Waals surface area (Å²) in [6.07, 6.45) is 0. The number of H-pyrrole nitrogens is 1. The summed E-state index contributed by atoms with van der Waals surface area (Å²) in [5, 5.41) is 3.27. The molecule has 0 aliphatic rings. The van der Waals surface area contributed by atoms with E-state index in [-0.39, 0.29) is 11.9 Å².